The summed E-state index contributed by atoms with van der Waals surface area (Å²) in [6.07, 6.45) is 5.06. The molecular formula is C16H22N4O. The van der Waals surface area contributed by atoms with Crippen LogP contribution in [-0.2, 0) is 0 Å². The highest BCUT2D eigenvalue weighted by Gasteiger charge is 2.15. The molecule has 0 aliphatic carbocycles. The number of nitrogens with two attached hydrogens (primary N) is 1. The van der Waals surface area contributed by atoms with E-state index in [0.29, 0.717) is 11.4 Å². The van der Waals surface area contributed by atoms with E-state index >= 15 is 0 Å². The molecule has 112 valence electrons. The smallest absolute Gasteiger partial charge is 0.274 e. The summed E-state index contributed by atoms with van der Waals surface area (Å²) < 4.78 is 1.64. The summed E-state index contributed by atoms with van der Waals surface area (Å²) >= 11 is 0. The molecule has 2 rings (SSSR count). The van der Waals surface area contributed by atoms with Gasteiger partial charge in [-0.3, -0.25) is 4.79 Å². The number of hydrogen-bond acceptors (Lipinski definition) is 3. The SMILES string of the molecule is CCCCCN(C)C(=O)c1ccn(-c2ccccc2N)n1. The van der Waals surface area contributed by atoms with Crippen LogP contribution < -0.4 is 5.73 Å². The topological polar surface area (TPSA) is 64.2 Å². The van der Waals surface area contributed by atoms with E-state index in [9.17, 15) is 4.79 Å². The van der Waals surface area contributed by atoms with E-state index < -0.39 is 0 Å². The fraction of sp³-hybridized carbons (Fsp3) is 0.375. The van der Waals surface area contributed by atoms with Crippen molar-refractivity contribution in [1.29, 1.82) is 0 Å². The van der Waals surface area contributed by atoms with Crippen molar-refractivity contribution in [2.45, 2.75) is 26.2 Å². The number of carbonyl (C=O) groups excluding carboxylic acids is 1. The molecule has 0 aliphatic rings. The summed E-state index contributed by atoms with van der Waals surface area (Å²) in [5.41, 5.74) is 7.78. The Balaban J connectivity index is 2.09. The summed E-state index contributed by atoms with van der Waals surface area (Å²) in [5.74, 6) is -0.0562. The van der Waals surface area contributed by atoms with E-state index in [1.165, 1.54) is 0 Å². The zero-order chi connectivity index (χ0) is 15.2. The van der Waals surface area contributed by atoms with Crippen molar-refractivity contribution in [2.24, 2.45) is 0 Å². The Hall–Kier alpha value is -2.30. The third-order valence-electron chi connectivity index (χ3n) is 3.44. The minimum atomic E-state index is -0.0562. The van der Waals surface area contributed by atoms with Gasteiger partial charge in [0, 0.05) is 19.8 Å². The van der Waals surface area contributed by atoms with Crippen LogP contribution in [0.4, 0.5) is 5.69 Å². The van der Waals surface area contributed by atoms with Gasteiger partial charge in [-0.25, -0.2) is 4.68 Å². The minimum absolute atomic E-state index is 0.0562. The van der Waals surface area contributed by atoms with Crippen LogP contribution in [0.3, 0.4) is 0 Å². The number of amides is 1. The van der Waals surface area contributed by atoms with E-state index in [2.05, 4.69) is 12.0 Å². The number of rotatable bonds is 6. The van der Waals surface area contributed by atoms with Crippen LogP contribution in [-0.4, -0.2) is 34.2 Å². The van der Waals surface area contributed by atoms with Crippen molar-refractivity contribution in [3.05, 3.63) is 42.2 Å². The molecule has 0 bridgehead atoms. The van der Waals surface area contributed by atoms with Gasteiger partial charge in [-0.15, -0.1) is 0 Å². The summed E-state index contributed by atoms with van der Waals surface area (Å²) in [5, 5.41) is 4.34. The Bertz CT molecular complexity index is 606. The van der Waals surface area contributed by atoms with Gasteiger partial charge in [0.2, 0.25) is 0 Å². The molecular weight excluding hydrogens is 264 g/mol. The monoisotopic (exact) mass is 286 g/mol. The van der Waals surface area contributed by atoms with E-state index in [1.54, 1.807) is 21.8 Å². The summed E-state index contributed by atoms with van der Waals surface area (Å²) in [7, 11) is 1.81. The lowest BCUT2D eigenvalue weighted by Gasteiger charge is -2.15. The number of benzene rings is 1. The maximum absolute atomic E-state index is 12.3. The number of hydrogen-bond donors (Lipinski definition) is 1. The number of para-hydroxylation sites is 2. The first-order valence-corrected chi connectivity index (χ1v) is 7.29. The van der Waals surface area contributed by atoms with Crippen LogP contribution in [0.2, 0.25) is 0 Å². The third-order valence-corrected chi connectivity index (χ3v) is 3.44. The van der Waals surface area contributed by atoms with E-state index in [4.69, 9.17) is 5.73 Å². The average molecular weight is 286 g/mol. The second-order valence-corrected chi connectivity index (χ2v) is 5.14. The predicted molar refractivity (Wildman–Crippen MR) is 84.5 cm³/mol. The second kappa shape index (κ2) is 6.92. The molecule has 0 radical (unpaired) electrons. The molecule has 1 heterocycles. The summed E-state index contributed by atoms with van der Waals surface area (Å²) in [6.45, 7) is 2.90. The molecule has 0 fully saturated rings. The number of carbonyl (C=O) groups is 1. The van der Waals surface area contributed by atoms with Gasteiger partial charge in [0.25, 0.3) is 5.91 Å². The van der Waals surface area contributed by atoms with Gasteiger partial charge < -0.3 is 10.6 Å². The Morgan fingerprint density at radius 2 is 2.05 bits per heavy atom. The van der Waals surface area contributed by atoms with Crippen molar-refractivity contribution in [2.75, 3.05) is 19.3 Å². The predicted octanol–water partition coefficient (Wildman–Crippen LogP) is 2.72. The molecule has 5 heteroatoms. The lowest BCUT2D eigenvalue weighted by molar-refractivity contribution is 0.0786. The average Bonchev–Trinajstić information content (AvgIpc) is 2.96. The lowest BCUT2D eigenvalue weighted by atomic mass is 10.2. The van der Waals surface area contributed by atoms with Crippen LogP contribution in [0.5, 0.6) is 0 Å². The van der Waals surface area contributed by atoms with Crippen LogP contribution in [0, 0.1) is 0 Å². The van der Waals surface area contributed by atoms with E-state index in [1.807, 2.05) is 31.3 Å². The highest BCUT2D eigenvalue weighted by atomic mass is 16.2. The van der Waals surface area contributed by atoms with Gasteiger partial charge in [-0.1, -0.05) is 31.9 Å². The van der Waals surface area contributed by atoms with Crippen LogP contribution in [0.25, 0.3) is 5.69 Å². The first kappa shape index (κ1) is 15.1. The van der Waals surface area contributed by atoms with Gasteiger partial charge in [0.15, 0.2) is 5.69 Å². The highest BCUT2D eigenvalue weighted by molar-refractivity contribution is 5.92. The van der Waals surface area contributed by atoms with Crippen molar-refractivity contribution in [3.8, 4) is 5.69 Å². The largest absolute Gasteiger partial charge is 0.397 e. The molecule has 5 nitrogen and oxygen atoms in total. The Morgan fingerprint density at radius 1 is 1.29 bits per heavy atom. The molecule has 1 amide bonds. The molecule has 1 aromatic heterocycles. The van der Waals surface area contributed by atoms with Gasteiger partial charge in [-0.05, 0) is 24.6 Å². The van der Waals surface area contributed by atoms with Gasteiger partial charge in [0.05, 0.1) is 11.4 Å². The first-order chi connectivity index (χ1) is 10.1. The summed E-state index contributed by atoms with van der Waals surface area (Å²) in [4.78, 5) is 14.0. The molecule has 0 atom stereocenters. The number of unbranched alkanes of at least 4 members (excludes halogenated alkanes) is 2. The maximum Gasteiger partial charge on any atom is 0.274 e. The molecule has 0 saturated carbocycles. The molecule has 0 spiro atoms. The van der Waals surface area contributed by atoms with E-state index in [-0.39, 0.29) is 5.91 Å². The minimum Gasteiger partial charge on any atom is -0.397 e. The van der Waals surface area contributed by atoms with Gasteiger partial charge in [-0.2, -0.15) is 5.10 Å². The van der Waals surface area contributed by atoms with Gasteiger partial charge >= 0.3 is 0 Å². The molecule has 2 N–H and O–H groups in total. The van der Waals surface area contributed by atoms with Crippen molar-refractivity contribution in [1.82, 2.24) is 14.7 Å². The highest BCUT2D eigenvalue weighted by Crippen LogP contribution is 2.16. The second-order valence-electron chi connectivity index (χ2n) is 5.14. The quantitative estimate of drug-likeness (QED) is 0.656. The van der Waals surface area contributed by atoms with E-state index in [0.717, 1.165) is 31.5 Å². The standard InChI is InChI=1S/C16H22N4O/c1-3-4-7-11-19(2)16(21)14-10-12-20(18-14)15-9-6-5-8-13(15)17/h5-6,8-10,12H,3-4,7,11,17H2,1-2H3. The fourth-order valence-corrected chi connectivity index (χ4v) is 2.16. The summed E-state index contributed by atoms with van der Waals surface area (Å²) in [6, 6.07) is 9.18. The fourth-order valence-electron chi connectivity index (χ4n) is 2.16. The van der Waals surface area contributed by atoms with Crippen LogP contribution in [0.1, 0.15) is 36.7 Å². The zero-order valence-electron chi connectivity index (χ0n) is 12.6. The molecule has 2 aromatic rings. The Kier molecular flexibility index (Phi) is 4.98. The van der Waals surface area contributed by atoms with Gasteiger partial charge in [0.1, 0.15) is 0 Å². The Morgan fingerprint density at radius 3 is 2.76 bits per heavy atom. The number of anilines is 1. The molecule has 0 saturated heterocycles. The third kappa shape index (κ3) is 3.62. The zero-order valence-corrected chi connectivity index (χ0v) is 12.6. The Labute approximate surface area is 125 Å². The van der Waals surface area contributed by atoms with Crippen molar-refractivity contribution >= 4 is 11.6 Å². The van der Waals surface area contributed by atoms with Crippen molar-refractivity contribution < 1.29 is 4.79 Å². The van der Waals surface area contributed by atoms with Crippen molar-refractivity contribution in [3.63, 3.8) is 0 Å². The normalized spacial score (nSPS) is 10.6. The number of aromatic nitrogens is 2. The molecule has 21 heavy (non-hydrogen) atoms. The number of nitrogens with zero attached hydrogens (tertiary/aromatic N) is 3. The van der Waals surface area contributed by atoms with Crippen LogP contribution in [0.15, 0.2) is 36.5 Å². The lowest BCUT2D eigenvalue weighted by Crippen LogP contribution is -2.28. The molecule has 0 aliphatic heterocycles. The molecule has 1 aromatic carbocycles. The maximum atomic E-state index is 12.3. The van der Waals surface area contributed by atoms with Crippen LogP contribution >= 0.6 is 0 Å². The first-order valence-electron chi connectivity index (χ1n) is 7.29. The number of nitrogen functional groups attached to an aromatic ring is 1. The molecule has 0 unspecified atom stereocenters.